The standard InChI is InChI=1S/C16H21N5O2S/c1-20-16(13-5-2-3-6-14(13)19-20)24(22,23)21-10-7-12(11-21)15-17-8-4-9-18-15/h4,8-9,12H,2-3,5-7,10-11H2,1H3/t12-/m0/s1. The summed E-state index contributed by atoms with van der Waals surface area (Å²) in [5, 5.41) is 4.83. The van der Waals surface area contributed by atoms with E-state index in [9.17, 15) is 8.42 Å². The Morgan fingerprint density at radius 2 is 1.92 bits per heavy atom. The van der Waals surface area contributed by atoms with Crippen LogP contribution in [-0.2, 0) is 29.9 Å². The maximum absolute atomic E-state index is 13.2. The van der Waals surface area contributed by atoms with E-state index in [2.05, 4.69) is 15.1 Å². The van der Waals surface area contributed by atoms with Crippen LogP contribution in [0.2, 0.25) is 0 Å². The van der Waals surface area contributed by atoms with Gasteiger partial charge in [0.1, 0.15) is 5.82 Å². The van der Waals surface area contributed by atoms with Gasteiger partial charge in [-0.05, 0) is 38.2 Å². The summed E-state index contributed by atoms with van der Waals surface area (Å²) in [7, 11) is -1.79. The minimum Gasteiger partial charge on any atom is -0.256 e. The fourth-order valence-electron chi connectivity index (χ4n) is 3.78. The molecule has 0 radical (unpaired) electrons. The van der Waals surface area contributed by atoms with Gasteiger partial charge in [-0.3, -0.25) is 4.68 Å². The molecule has 0 amide bonds. The molecule has 0 saturated carbocycles. The number of sulfonamides is 1. The summed E-state index contributed by atoms with van der Waals surface area (Å²) in [6.45, 7) is 0.942. The highest BCUT2D eigenvalue weighted by Gasteiger charge is 2.38. The lowest BCUT2D eigenvalue weighted by molar-refractivity contribution is 0.460. The second kappa shape index (κ2) is 5.93. The summed E-state index contributed by atoms with van der Waals surface area (Å²) >= 11 is 0. The number of aromatic nitrogens is 4. The molecule has 2 aromatic rings. The molecule has 0 bridgehead atoms. The first-order chi connectivity index (χ1) is 11.6. The first kappa shape index (κ1) is 15.7. The first-order valence-corrected chi connectivity index (χ1v) is 9.83. The van der Waals surface area contributed by atoms with Crippen LogP contribution in [0.5, 0.6) is 0 Å². The maximum atomic E-state index is 13.2. The lowest BCUT2D eigenvalue weighted by Crippen LogP contribution is -2.31. The van der Waals surface area contributed by atoms with E-state index in [4.69, 9.17) is 0 Å². The summed E-state index contributed by atoms with van der Waals surface area (Å²) in [6, 6.07) is 1.77. The van der Waals surface area contributed by atoms with Gasteiger partial charge in [0.2, 0.25) is 0 Å². The van der Waals surface area contributed by atoms with Crippen LogP contribution in [0, 0.1) is 0 Å². The lowest BCUT2D eigenvalue weighted by Gasteiger charge is -2.18. The minimum atomic E-state index is -3.53. The van der Waals surface area contributed by atoms with Crippen molar-refractivity contribution in [2.75, 3.05) is 13.1 Å². The number of fused-ring (bicyclic) bond motifs is 1. The second-order valence-corrected chi connectivity index (χ2v) is 8.37. The summed E-state index contributed by atoms with van der Waals surface area (Å²) in [5.41, 5.74) is 1.87. The molecular weight excluding hydrogens is 326 g/mol. The molecule has 1 aliphatic carbocycles. The van der Waals surface area contributed by atoms with Gasteiger partial charge >= 0.3 is 0 Å². The molecule has 128 valence electrons. The molecule has 2 aliphatic rings. The van der Waals surface area contributed by atoms with Gasteiger partial charge in [0.15, 0.2) is 5.03 Å². The van der Waals surface area contributed by atoms with E-state index >= 15 is 0 Å². The van der Waals surface area contributed by atoms with E-state index in [0.29, 0.717) is 18.1 Å². The van der Waals surface area contributed by atoms with Crippen LogP contribution < -0.4 is 0 Å². The number of nitrogens with zero attached hydrogens (tertiary/aromatic N) is 5. The summed E-state index contributed by atoms with van der Waals surface area (Å²) in [5.74, 6) is 0.785. The molecule has 24 heavy (non-hydrogen) atoms. The zero-order valence-electron chi connectivity index (χ0n) is 13.7. The number of hydrogen-bond acceptors (Lipinski definition) is 5. The molecule has 1 aliphatic heterocycles. The highest BCUT2D eigenvalue weighted by molar-refractivity contribution is 7.89. The molecule has 8 heteroatoms. The van der Waals surface area contributed by atoms with Crippen LogP contribution in [0.4, 0.5) is 0 Å². The molecule has 7 nitrogen and oxygen atoms in total. The van der Waals surface area contributed by atoms with E-state index in [1.807, 2.05) is 0 Å². The zero-order valence-corrected chi connectivity index (χ0v) is 14.5. The van der Waals surface area contributed by atoms with E-state index < -0.39 is 10.0 Å². The smallest absolute Gasteiger partial charge is 0.256 e. The molecular formula is C16H21N5O2S. The molecule has 0 unspecified atom stereocenters. The molecule has 1 saturated heterocycles. The normalized spacial score (nSPS) is 21.8. The largest absolute Gasteiger partial charge is 0.260 e. The van der Waals surface area contributed by atoms with Gasteiger partial charge in [-0.15, -0.1) is 0 Å². The van der Waals surface area contributed by atoms with Crippen molar-refractivity contribution in [3.05, 3.63) is 35.5 Å². The molecule has 0 spiro atoms. The molecule has 0 N–H and O–H groups in total. The van der Waals surface area contributed by atoms with E-state index in [1.54, 1.807) is 34.5 Å². The number of hydrogen-bond donors (Lipinski definition) is 0. The molecule has 3 heterocycles. The summed E-state index contributed by atoms with van der Waals surface area (Å²) in [6.07, 6.45) is 7.95. The summed E-state index contributed by atoms with van der Waals surface area (Å²) < 4.78 is 29.5. The van der Waals surface area contributed by atoms with Crippen molar-refractivity contribution >= 4 is 10.0 Å². The van der Waals surface area contributed by atoms with Crippen LogP contribution in [0.15, 0.2) is 23.5 Å². The van der Waals surface area contributed by atoms with Crippen molar-refractivity contribution in [1.29, 1.82) is 0 Å². The predicted molar refractivity (Wildman–Crippen MR) is 88.0 cm³/mol. The Morgan fingerprint density at radius 3 is 2.71 bits per heavy atom. The molecule has 1 fully saturated rings. The van der Waals surface area contributed by atoms with Crippen LogP contribution >= 0.6 is 0 Å². The van der Waals surface area contributed by atoms with Crippen LogP contribution in [0.1, 0.15) is 42.3 Å². The van der Waals surface area contributed by atoms with Gasteiger partial charge < -0.3 is 0 Å². The molecule has 0 aromatic carbocycles. The third-order valence-corrected chi connectivity index (χ3v) is 6.96. The third-order valence-electron chi connectivity index (χ3n) is 4.95. The van der Waals surface area contributed by atoms with Gasteiger partial charge in [-0.2, -0.15) is 9.40 Å². The molecule has 1 atom stereocenters. The molecule has 4 rings (SSSR count). The van der Waals surface area contributed by atoms with Crippen molar-refractivity contribution in [3.8, 4) is 0 Å². The Labute approximate surface area is 141 Å². The van der Waals surface area contributed by atoms with Crippen LogP contribution in [-0.4, -0.2) is 45.6 Å². The Balaban J connectivity index is 1.64. The average molecular weight is 347 g/mol. The average Bonchev–Trinajstić information content (AvgIpc) is 3.20. The highest BCUT2D eigenvalue weighted by Crippen LogP contribution is 2.33. The van der Waals surface area contributed by atoms with Crippen LogP contribution in [0.25, 0.3) is 0 Å². The molecule has 2 aromatic heterocycles. The van der Waals surface area contributed by atoms with Crippen LogP contribution in [0.3, 0.4) is 0 Å². The minimum absolute atomic E-state index is 0.0602. The summed E-state index contributed by atoms with van der Waals surface area (Å²) in [4.78, 5) is 8.56. The van der Waals surface area contributed by atoms with E-state index in [1.165, 1.54) is 0 Å². The topological polar surface area (TPSA) is 81.0 Å². The fraction of sp³-hybridized carbons (Fsp3) is 0.562. The third kappa shape index (κ3) is 2.53. The van der Waals surface area contributed by atoms with Crippen molar-refractivity contribution in [2.45, 2.75) is 43.0 Å². The van der Waals surface area contributed by atoms with E-state index in [0.717, 1.165) is 49.2 Å². The highest BCUT2D eigenvalue weighted by atomic mass is 32.2. The quantitative estimate of drug-likeness (QED) is 0.835. The Bertz CT molecular complexity index is 847. The monoisotopic (exact) mass is 347 g/mol. The Hall–Kier alpha value is -1.80. The van der Waals surface area contributed by atoms with Gasteiger partial charge in [0.05, 0.1) is 5.69 Å². The second-order valence-electron chi connectivity index (χ2n) is 6.52. The Kier molecular flexibility index (Phi) is 3.88. The first-order valence-electron chi connectivity index (χ1n) is 8.39. The van der Waals surface area contributed by atoms with Crippen molar-refractivity contribution in [3.63, 3.8) is 0 Å². The van der Waals surface area contributed by atoms with Gasteiger partial charge in [-0.1, -0.05) is 0 Å². The van der Waals surface area contributed by atoms with Crippen molar-refractivity contribution in [2.24, 2.45) is 7.05 Å². The zero-order chi connectivity index (χ0) is 16.7. The SMILES string of the molecule is Cn1nc2c(c1S(=O)(=O)N1CC[C@H](c3ncccn3)C1)CCCC2. The predicted octanol–water partition coefficient (Wildman–Crippen LogP) is 1.27. The number of rotatable bonds is 3. The lowest BCUT2D eigenvalue weighted by atomic mass is 9.99. The van der Waals surface area contributed by atoms with Crippen molar-refractivity contribution < 1.29 is 8.42 Å². The van der Waals surface area contributed by atoms with Gasteiger partial charge in [0, 0.05) is 44.0 Å². The maximum Gasteiger partial charge on any atom is 0.260 e. The van der Waals surface area contributed by atoms with Gasteiger partial charge in [-0.25, -0.2) is 18.4 Å². The fourth-order valence-corrected chi connectivity index (χ4v) is 5.65. The van der Waals surface area contributed by atoms with Gasteiger partial charge in [0.25, 0.3) is 10.0 Å². The van der Waals surface area contributed by atoms with Crippen molar-refractivity contribution in [1.82, 2.24) is 24.1 Å². The van der Waals surface area contributed by atoms with E-state index in [-0.39, 0.29) is 5.92 Å². The number of aryl methyl sites for hydroxylation is 2. The Morgan fingerprint density at radius 1 is 1.17 bits per heavy atom.